The van der Waals surface area contributed by atoms with E-state index in [1.54, 1.807) is 0 Å². The molecule has 0 aliphatic carbocycles. The van der Waals surface area contributed by atoms with Crippen LogP contribution in [0.4, 0.5) is 5.69 Å². The van der Waals surface area contributed by atoms with Crippen LogP contribution >= 0.6 is 0 Å². The predicted octanol–water partition coefficient (Wildman–Crippen LogP) is 2.82. The summed E-state index contributed by atoms with van der Waals surface area (Å²) < 4.78 is 25.7. The van der Waals surface area contributed by atoms with E-state index >= 15 is 0 Å². The molecule has 2 aromatic carbocycles. The summed E-state index contributed by atoms with van der Waals surface area (Å²) in [7, 11) is -3.56. The van der Waals surface area contributed by atoms with Gasteiger partial charge in [-0.2, -0.15) is 0 Å². The van der Waals surface area contributed by atoms with Gasteiger partial charge in [-0.15, -0.1) is 0 Å². The van der Waals surface area contributed by atoms with E-state index in [1.165, 1.54) is 9.87 Å². The standard InChI is InChI=1S/C20H26N2O3S/c1-16-9-7-10-17(2)20(16)22(26(3,24)25)15-19(23)21-14-8-13-18-11-5-4-6-12-18/h4-7,9-12H,8,13-15H2,1-3H3,(H,21,23). The van der Waals surface area contributed by atoms with Gasteiger partial charge in [-0.1, -0.05) is 48.5 Å². The molecule has 2 rings (SSSR count). The average Bonchev–Trinajstić information content (AvgIpc) is 2.58. The number of sulfonamides is 1. The minimum atomic E-state index is -3.56. The number of nitrogens with zero attached hydrogens (tertiary/aromatic N) is 1. The monoisotopic (exact) mass is 374 g/mol. The van der Waals surface area contributed by atoms with Gasteiger partial charge in [0.15, 0.2) is 0 Å². The van der Waals surface area contributed by atoms with Gasteiger partial charge in [0, 0.05) is 6.54 Å². The Morgan fingerprint density at radius 3 is 2.19 bits per heavy atom. The summed E-state index contributed by atoms with van der Waals surface area (Å²) >= 11 is 0. The molecule has 1 N–H and O–H groups in total. The van der Waals surface area contributed by atoms with E-state index in [0.717, 1.165) is 30.2 Å². The lowest BCUT2D eigenvalue weighted by atomic mass is 10.1. The molecule has 2 aromatic rings. The highest BCUT2D eigenvalue weighted by Crippen LogP contribution is 2.26. The summed E-state index contributed by atoms with van der Waals surface area (Å²) in [6, 6.07) is 15.6. The molecule has 0 unspecified atom stereocenters. The molecule has 6 heteroatoms. The van der Waals surface area contributed by atoms with E-state index in [9.17, 15) is 13.2 Å². The van der Waals surface area contributed by atoms with Gasteiger partial charge >= 0.3 is 0 Å². The minimum Gasteiger partial charge on any atom is -0.355 e. The molecule has 0 spiro atoms. The summed E-state index contributed by atoms with van der Waals surface area (Å²) in [4.78, 5) is 12.3. The zero-order chi connectivity index (χ0) is 19.2. The van der Waals surface area contributed by atoms with Crippen LogP contribution in [0.1, 0.15) is 23.1 Å². The van der Waals surface area contributed by atoms with Crippen LogP contribution in [0.15, 0.2) is 48.5 Å². The fourth-order valence-electron chi connectivity index (χ4n) is 2.91. The molecule has 0 aliphatic heterocycles. The van der Waals surface area contributed by atoms with Gasteiger partial charge in [0.05, 0.1) is 11.9 Å². The molecule has 0 saturated carbocycles. The minimum absolute atomic E-state index is 0.212. The number of nitrogens with one attached hydrogen (secondary N) is 1. The van der Waals surface area contributed by atoms with Crippen molar-refractivity contribution in [2.45, 2.75) is 26.7 Å². The quantitative estimate of drug-likeness (QED) is 0.723. The lowest BCUT2D eigenvalue weighted by molar-refractivity contribution is -0.119. The first-order valence-electron chi connectivity index (χ1n) is 8.63. The normalized spacial score (nSPS) is 11.2. The van der Waals surface area contributed by atoms with E-state index in [2.05, 4.69) is 5.32 Å². The van der Waals surface area contributed by atoms with Crippen LogP contribution in [0.25, 0.3) is 0 Å². The average molecular weight is 375 g/mol. The van der Waals surface area contributed by atoms with Crippen molar-refractivity contribution in [2.75, 3.05) is 23.7 Å². The van der Waals surface area contributed by atoms with Gasteiger partial charge < -0.3 is 5.32 Å². The second kappa shape index (κ2) is 8.85. The fraction of sp³-hybridized carbons (Fsp3) is 0.350. The molecule has 0 radical (unpaired) electrons. The van der Waals surface area contributed by atoms with E-state index in [0.29, 0.717) is 12.2 Å². The number of aryl methyl sites for hydroxylation is 3. The van der Waals surface area contributed by atoms with Gasteiger partial charge in [0.25, 0.3) is 0 Å². The van der Waals surface area contributed by atoms with E-state index in [1.807, 2.05) is 62.4 Å². The number of carbonyl (C=O) groups excluding carboxylic acids is 1. The fourth-order valence-corrected chi connectivity index (χ4v) is 3.88. The van der Waals surface area contributed by atoms with Crippen molar-refractivity contribution in [3.8, 4) is 0 Å². The van der Waals surface area contributed by atoms with Gasteiger partial charge in [-0.3, -0.25) is 9.10 Å². The van der Waals surface area contributed by atoms with Crippen LogP contribution in [0.3, 0.4) is 0 Å². The van der Waals surface area contributed by atoms with Crippen LogP contribution in [-0.2, 0) is 21.2 Å². The summed E-state index contributed by atoms with van der Waals surface area (Å²) in [5, 5.41) is 2.82. The summed E-state index contributed by atoms with van der Waals surface area (Å²) in [5.41, 5.74) is 3.45. The first-order valence-corrected chi connectivity index (χ1v) is 10.5. The second-order valence-corrected chi connectivity index (χ2v) is 8.36. The third kappa shape index (κ3) is 5.59. The number of para-hydroxylation sites is 1. The highest BCUT2D eigenvalue weighted by Gasteiger charge is 2.23. The maximum Gasteiger partial charge on any atom is 0.240 e. The van der Waals surface area contributed by atoms with Gasteiger partial charge in [-0.05, 0) is 43.4 Å². The molecule has 0 aromatic heterocycles. The third-order valence-corrected chi connectivity index (χ3v) is 5.30. The number of rotatable bonds is 8. The van der Waals surface area contributed by atoms with Crippen molar-refractivity contribution >= 4 is 21.6 Å². The van der Waals surface area contributed by atoms with E-state index in [-0.39, 0.29) is 12.5 Å². The molecule has 5 nitrogen and oxygen atoms in total. The summed E-state index contributed by atoms with van der Waals surface area (Å²) in [5.74, 6) is -0.300. The molecule has 1 amide bonds. The highest BCUT2D eigenvalue weighted by molar-refractivity contribution is 7.92. The van der Waals surface area contributed by atoms with Crippen molar-refractivity contribution < 1.29 is 13.2 Å². The van der Waals surface area contributed by atoms with Gasteiger partial charge in [0.2, 0.25) is 15.9 Å². The first kappa shape index (κ1) is 20.0. The van der Waals surface area contributed by atoms with Crippen molar-refractivity contribution in [1.82, 2.24) is 5.32 Å². The van der Waals surface area contributed by atoms with Crippen LogP contribution in [-0.4, -0.2) is 33.7 Å². The molecule has 0 bridgehead atoms. The van der Waals surface area contributed by atoms with Crippen LogP contribution < -0.4 is 9.62 Å². The van der Waals surface area contributed by atoms with Gasteiger partial charge in [-0.25, -0.2) is 8.42 Å². The Labute approximate surface area is 156 Å². The number of hydrogen-bond donors (Lipinski definition) is 1. The zero-order valence-electron chi connectivity index (χ0n) is 15.5. The Kier molecular flexibility index (Phi) is 6.80. The van der Waals surface area contributed by atoms with Crippen molar-refractivity contribution in [1.29, 1.82) is 0 Å². The molecule has 0 aliphatic rings. The Morgan fingerprint density at radius 2 is 1.62 bits per heavy atom. The van der Waals surface area contributed by atoms with Crippen molar-refractivity contribution in [3.63, 3.8) is 0 Å². The molecule has 0 heterocycles. The third-order valence-electron chi connectivity index (χ3n) is 4.18. The summed E-state index contributed by atoms with van der Waals surface area (Å²) in [6.45, 7) is 3.99. The maximum absolute atomic E-state index is 12.3. The van der Waals surface area contributed by atoms with Crippen molar-refractivity contribution in [3.05, 3.63) is 65.2 Å². The Balaban J connectivity index is 1.97. The van der Waals surface area contributed by atoms with Crippen LogP contribution in [0, 0.1) is 13.8 Å². The molecule has 0 atom stereocenters. The second-order valence-electron chi connectivity index (χ2n) is 6.45. The van der Waals surface area contributed by atoms with Crippen LogP contribution in [0.2, 0.25) is 0 Å². The van der Waals surface area contributed by atoms with Gasteiger partial charge in [0.1, 0.15) is 6.54 Å². The van der Waals surface area contributed by atoms with E-state index in [4.69, 9.17) is 0 Å². The number of hydrogen-bond acceptors (Lipinski definition) is 3. The zero-order valence-corrected chi connectivity index (χ0v) is 16.3. The summed E-state index contributed by atoms with van der Waals surface area (Å²) in [6.07, 6.45) is 2.80. The largest absolute Gasteiger partial charge is 0.355 e. The molecule has 0 fully saturated rings. The first-order chi connectivity index (χ1) is 12.3. The van der Waals surface area contributed by atoms with Crippen molar-refractivity contribution in [2.24, 2.45) is 0 Å². The number of anilines is 1. The molecule has 140 valence electrons. The Morgan fingerprint density at radius 1 is 1.00 bits per heavy atom. The number of benzene rings is 2. The maximum atomic E-state index is 12.3. The highest BCUT2D eigenvalue weighted by atomic mass is 32.2. The molecular weight excluding hydrogens is 348 g/mol. The lowest BCUT2D eigenvalue weighted by Gasteiger charge is -2.25. The molecule has 0 saturated heterocycles. The molecule has 26 heavy (non-hydrogen) atoms. The smallest absolute Gasteiger partial charge is 0.240 e. The predicted molar refractivity (Wildman–Crippen MR) is 106 cm³/mol. The topological polar surface area (TPSA) is 66.5 Å². The Bertz CT molecular complexity index is 828. The SMILES string of the molecule is Cc1cccc(C)c1N(CC(=O)NCCCc1ccccc1)S(C)(=O)=O. The number of carbonyl (C=O) groups is 1. The lowest BCUT2D eigenvalue weighted by Crippen LogP contribution is -2.41. The number of amides is 1. The Hall–Kier alpha value is -2.34. The van der Waals surface area contributed by atoms with Crippen LogP contribution in [0.5, 0.6) is 0 Å². The van der Waals surface area contributed by atoms with E-state index < -0.39 is 10.0 Å². The molecular formula is C20H26N2O3S.